The van der Waals surface area contributed by atoms with Crippen molar-refractivity contribution in [3.63, 3.8) is 0 Å². The molecule has 0 aromatic heterocycles. The molecule has 130 valence electrons. The van der Waals surface area contributed by atoms with E-state index < -0.39 is 30.3 Å². The molecule has 1 aliphatic rings. The highest BCUT2D eigenvalue weighted by atomic mass is 35.5. The van der Waals surface area contributed by atoms with Gasteiger partial charge in [-0.1, -0.05) is 23.2 Å². The minimum Gasteiger partial charge on any atom is -0.435 e. The normalized spacial score (nSPS) is 20.0. The minimum atomic E-state index is -1.09. The number of ether oxygens (including phenoxy) is 3. The van der Waals surface area contributed by atoms with Crippen LogP contribution in [0.3, 0.4) is 0 Å². The number of hydrogen-bond donors (Lipinski definition) is 0. The molecule has 24 heavy (non-hydrogen) atoms. The molecule has 0 spiro atoms. The van der Waals surface area contributed by atoms with Gasteiger partial charge in [-0.3, -0.25) is 9.59 Å². The SMILES string of the molecule is CCOC(=O)OC(C)OC(=O)[C@H]1C[C@@H]1C(=O)c1ccc(Cl)c(Cl)c1. The van der Waals surface area contributed by atoms with Crippen LogP contribution in [0.15, 0.2) is 18.2 Å². The van der Waals surface area contributed by atoms with E-state index in [2.05, 4.69) is 4.74 Å². The first kappa shape index (κ1) is 18.5. The molecule has 0 saturated heterocycles. The molecule has 0 radical (unpaired) electrons. The van der Waals surface area contributed by atoms with Crippen LogP contribution in [0, 0.1) is 11.8 Å². The maximum absolute atomic E-state index is 12.3. The van der Waals surface area contributed by atoms with Crippen molar-refractivity contribution < 1.29 is 28.6 Å². The van der Waals surface area contributed by atoms with Gasteiger partial charge in [-0.25, -0.2) is 4.79 Å². The molecule has 0 bridgehead atoms. The largest absolute Gasteiger partial charge is 0.511 e. The summed E-state index contributed by atoms with van der Waals surface area (Å²) in [6, 6.07) is 4.56. The molecule has 0 amide bonds. The van der Waals surface area contributed by atoms with Crippen molar-refractivity contribution in [3.05, 3.63) is 33.8 Å². The van der Waals surface area contributed by atoms with E-state index in [4.69, 9.17) is 32.7 Å². The van der Waals surface area contributed by atoms with Crippen molar-refractivity contribution in [2.45, 2.75) is 26.6 Å². The van der Waals surface area contributed by atoms with Crippen molar-refractivity contribution in [3.8, 4) is 0 Å². The molecular weight excluding hydrogens is 359 g/mol. The second kappa shape index (κ2) is 7.85. The standard InChI is InChI=1S/C16H16Cl2O6/c1-3-22-16(21)24-8(2)23-15(20)11-7-10(11)14(19)9-4-5-12(17)13(18)6-9/h4-6,8,10-11H,3,7H2,1-2H3/t8?,10-,11-/m0/s1. The number of Topliss-reactive ketones (excluding diaryl/α,β-unsaturated/α-hetero) is 1. The molecule has 6 nitrogen and oxygen atoms in total. The Morgan fingerprint density at radius 1 is 1.17 bits per heavy atom. The number of carbonyl (C=O) groups excluding carboxylic acids is 3. The van der Waals surface area contributed by atoms with E-state index in [1.165, 1.54) is 19.1 Å². The van der Waals surface area contributed by atoms with Crippen LogP contribution in [0.1, 0.15) is 30.6 Å². The number of rotatable bonds is 6. The van der Waals surface area contributed by atoms with Crippen LogP contribution in [0.2, 0.25) is 10.0 Å². The molecule has 1 unspecified atom stereocenters. The maximum atomic E-state index is 12.3. The molecule has 1 aliphatic carbocycles. The summed E-state index contributed by atoms with van der Waals surface area (Å²) in [7, 11) is 0. The summed E-state index contributed by atoms with van der Waals surface area (Å²) < 4.78 is 14.3. The number of esters is 1. The highest BCUT2D eigenvalue weighted by Gasteiger charge is 2.49. The van der Waals surface area contributed by atoms with Crippen LogP contribution in [0.4, 0.5) is 4.79 Å². The Morgan fingerprint density at radius 2 is 1.88 bits per heavy atom. The predicted molar refractivity (Wildman–Crippen MR) is 86.1 cm³/mol. The van der Waals surface area contributed by atoms with Crippen LogP contribution in [-0.4, -0.2) is 30.8 Å². The van der Waals surface area contributed by atoms with Gasteiger partial charge in [0.1, 0.15) is 0 Å². The van der Waals surface area contributed by atoms with Crippen LogP contribution >= 0.6 is 23.2 Å². The van der Waals surface area contributed by atoms with E-state index >= 15 is 0 Å². The van der Waals surface area contributed by atoms with E-state index in [9.17, 15) is 14.4 Å². The van der Waals surface area contributed by atoms with Crippen molar-refractivity contribution in [2.75, 3.05) is 6.61 Å². The van der Waals surface area contributed by atoms with Gasteiger partial charge in [-0.15, -0.1) is 0 Å². The molecular formula is C16H16Cl2O6. The zero-order valence-corrected chi connectivity index (χ0v) is 14.6. The summed E-state index contributed by atoms with van der Waals surface area (Å²) in [5.74, 6) is -1.82. The van der Waals surface area contributed by atoms with E-state index in [1.54, 1.807) is 13.0 Å². The van der Waals surface area contributed by atoms with E-state index in [1.807, 2.05) is 0 Å². The molecule has 1 saturated carbocycles. The average molecular weight is 375 g/mol. The second-order valence-electron chi connectivity index (χ2n) is 5.25. The van der Waals surface area contributed by atoms with Crippen LogP contribution in [0.5, 0.6) is 0 Å². The van der Waals surface area contributed by atoms with Gasteiger partial charge in [-0.2, -0.15) is 0 Å². The van der Waals surface area contributed by atoms with Gasteiger partial charge >= 0.3 is 12.1 Å². The fourth-order valence-corrected chi connectivity index (χ4v) is 2.47. The summed E-state index contributed by atoms with van der Waals surface area (Å²) in [5, 5.41) is 0.628. The highest BCUT2D eigenvalue weighted by molar-refractivity contribution is 6.42. The summed E-state index contributed by atoms with van der Waals surface area (Å²) in [6.07, 6.45) is -1.63. The molecule has 2 rings (SSSR count). The molecule has 0 N–H and O–H groups in total. The Bertz CT molecular complexity index is 660. The molecule has 1 fully saturated rings. The average Bonchev–Trinajstić information content (AvgIpc) is 3.30. The third kappa shape index (κ3) is 4.61. The van der Waals surface area contributed by atoms with E-state index in [-0.39, 0.29) is 17.4 Å². The first-order valence-corrected chi connectivity index (χ1v) is 8.12. The number of hydrogen-bond acceptors (Lipinski definition) is 6. The Morgan fingerprint density at radius 3 is 2.50 bits per heavy atom. The summed E-state index contributed by atoms with van der Waals surface area (Å²) in [6.45, 7) is 3.18. The summed E-state index contributed by atoms with van der Waals surface area (Å²) >= 11 is 11.7. The minimum absolute atomic E-state index is 0.155. The highest BCUT2D eigenvalue weighted by Crippen LogP contribution is 2.42. The lowest BCUT2D eigenvalue weighted by atomic mass is 10.1. The smallest absolute Gasteiger partial charge is 0.435 e. The van der Waals surface area contributed by atoms with Crippen molar-refractivity contribution in [1.82, 2.24) is 0 Å². The first-order chi connectivity index (χ1) is 11.3. The second-order valence-corrected chi connectivity index (χ2v) is 6.06. The number of carbonyl (C=O) groups is 3. The van der Waals surface area contributed by atoms with Crippen LogP contribution < -0.4 is 0 Å². The maximum Gasteiger partial charge on any atom is 0.511 e. The lowest BCUT2D eigenvalue weighted by molar-refractivity contribution is -0.169. The van der Waals surface area contributed by atoms with Gasteiger partial charge in [0.15, 0.2) is 5.78 Å². The third-order valence-electron chi connectivity index (χ3n) is 3.44. The van der Waals surface area contributed by atoms with E-state index in [0.29, 0.717) is 17.0 Å². The first-order valence-electron chi connectivity index (χ1n) is 7.36. The quantitative estimate of drug-likeness (QED) is 0.427. The Labute approximate surface area is 149 Å². The number of halogens is 2. The lowest BCUT2D eigenvalue weighted by Gasteiger charge is -2.13. The van der Waals surface area contributed by atoms with Crippen molar-refractivity contribution in [1.29, 1.82) is 0 Å². The van der Waals surface area contributed by atoms with Gasteiger partial charge in [-0.05, 0) is 31.5 Å². The monoisotopic (exact) mass is 374 g/mol. The molecule has 3 atom stereocenters. The summed E-state index contributed by atoms with van der Waals surface area (Å²) in [4.78, 5) is 35.4. The Balaban J connectivity index is 1.87. The van der Waals surface area contributed by atoms with E-state index in [0.717, 1.165) is 0 Å². The molecule has 1 aromatic rings. The third-order valence-corrected chi connectivity index (χ3v) is 4.18. The fraction of sp³-hybridized carbons (Fsp3) is 0.438. The lowest BCUT2D eigenvalue weighted by Crippen LogP contribution is -2.24. The van der Waals surface area contributed by atoms with Gasteiger partial charge < -0.3 is 14.2 Å². The van der Waals surface area contributed by atoms with Gasteiger partial charge in [0.2, 0.25) is 6.29 Å². The Kier molecular flexibility index (Phi) is 6.07. The fourth-order valence-electron chi connectivity index (χ4n) is 2.17. The van der Waals surface area contributed by atoms with Crippen molar-refractivity contribution in [2.24, 2.45) is 11.8 Å². The van der Waals surface area contributed by atoms with Crippen molar-refractivity contribution >= 4 is 41.1 Å². The van der Waals surface area contributed by atoms with Gasteiger partial charge in [0.25, 0.3) is 0 Å². The molecule has 0 heterocycles. The zero-order chi connectivity index (χ0) is 17.9. The molecule has 1 aromatic carbocycles. The Hall–Kier alpha value is -1.79. The molecule has 0 aliphatic heterocycles. The van der Waals surface area contributed by atoms with Gasteiger partial charge in [0, 0.05) is 18.4 Å². The van der Waals surface area contributed by atoms with Crippen LogP contribution in [-0.2, 0) is 19.0 Å². The number of ketones is 1. The summed E-state index contributed by atoms with van der Waals surface area (Å²) in [5.41, 5.74) is 0.389. The topological polar surface area (TPSA) is 78.9 Å². The number of benzene rings is 1. The predicted octanol–water partition coefficient (Wildman–Crippen LogP) is 3.87. The molecule has 8 heteroatoms. The zero-order valence-electron chi connectivity index (χ0n) is 13.1. The van der Waals surface area contributed by atoms with Gasteiger partial charge in [0.05, 0.1) is 22.6 Å². The van der Waals surface area contributed by atoms with Crippen LogP contribution in [0.25, 0.3) is 0 Å².